The third-order valence-corrected chi connectivity index (χ3v) is 5.87. The van der Waals surface area contributed by atoms with Gasteiger partial charge in [-0.15, -0.1) is 0 Å². The van der Waals surface area contributed by atoms with Gasteiger partial charge in [0, 0.05) is 25.1 Å². The summed E-state index contributed by atoms with van der Waals surface area (Å²) in [6.07, 6.45) is 0.529. The molecule has 2 aliphatic heterocycles. The maximum atomic E-state index is 13.5. The molecule has 2 aromatic carbocycles. The van der Waals surface area contributed by atoms with E-state index in [0.717, 1.165) is 17.5 Å². The van der Waals surface area contributed by atoms with Crippen molar-refractivity contribution in [1.29, 1.82) is 0 Å². The lowest BCUT2D eigenvalue weighted by atomic mass is 9.87. The minimum Gasteiger partial charge on any atom is -0.396 e. The van der Waals surface area contributed by atoms with Gasteiger partial charge >= 0.3 is 0 Å². The first-order chi connectivity index (χ1) is 13.6. The van der Waals surface area contributed by atoms with E-state index in [-0.39, 0.29) is 42.9 Å². The summed E-state index contributed by atoms with van der Waals surface area (Å²) in [7, 11) is 0. The van der Waals surface area contributed by atoms with E-state index in [2.05, 4.69) is 6.07 Å². The molecule has 3 N–H and O–H groups in total. The van der Waals surface area contributed by atoms with Crippen molar-refractivity contribution in [2.45, 2.75) is 31.0 Å². The van der Waals surface area contributed by atoms with E-state index < -0.39 is 6.10 Å². The van der Waals surface area contributed by atoms with E-state index in [9.17, 15) is 14.3 Å². The fourth-order valence-electron chi connectivity index (χ4n) is 4.22. The average Bonchev–Trinajstić information content (AvgIpc) is 2.73. The van der Waals surface area contributed by atoms with Crippen LogP contribution in [0.25, 0.3) is 0 Å². The third-order valence-electron chi connectivity index (χ3n) is 5.87. The zero-order chi connectivity index (χ0) is 19.7. The van der Waals surface area contributed by atoms with Crippen molar-refractivity contribution in [3.63, 3.8) is 0 Å². The number of nitrogens with two attached hydrogens (primary N) is 1. The fourth-order valence-corrected chi connectivity index (χ4v) is 4.22. The minimum absolute atomic E-state index is 0.0443. The highest BCUT2D eigenvalue weighted by molar-refractivity contribution is 5.82. The van der Waals surface area contributed by atoms with E-state index in [1.54, 1.807) is 12.1 Å². The zero-order valence-electron chi connectivity index (χ0n) is 15.6. The quantitative estimate of drug-likeness (QED) is 0.849. The molecule has 148 valence electrons. The highest BCUT2D eigenvalue weighted by atomic mass is 19.1. The smallest absolute Gasteiger partial charge is 0.252 e. The zero-order valence-corrected chi connectivity index (χ0v) is 15.6. The van der Waals surface area contributed by atoms with Crippen molar-refractivity contribution < 1.29 is 19.0 Å². The van der Waals surface area contributed by atoms with Gasteiger partial charge in [-0.3, -0.25) is 4.79 Å². The lowest BCUT2D eigenvalue weighted by Crippen LogP contribution is -2.52. The van der Waals surface area contributed by atoms with Crippen LogP contribution in [-0.2, 0) is 16.0 Å². The molecule has 0 aromatic heterocycles. The van der Waals surface area contributed by atoms with Crippen LogP contribution in [-0.4, -0.2) is 47.8 Å². The molecule has 6 heteroatoms. The standard InChI is InChI=1S/C22H25FN2O3/c23-17-7-5-15(6-8-17)21-18-4-2-1-3-14(18)9-10-25(21)22(27)20-11-19(24)16(12-26)13-28-20/h1-8,16,19-21,26H,9-13,24H2/t16-,19-,20+,21-/m0/s1. The molecule has 1 saturated heterocycles. The van der Waals surface area contributed by atoms with Crippen molar-refractivity contribution >= 4 is 5.91 Å². The van der Waals surface area contributed by atoms with Crippen LogP contribution in [0.3, 0.4) is 0 Å². The first-order valence-corrected chi connectivity index (χ1v) is 9.70. The van der Waals surface area contributed by atoms with Crippen LogP contribution in [0.5, 0.6) is 0 Å². The Bertz CT molecular complexity index is 842. The van der Waals surface area contributed by atoms with Crippen LogP contribution in [0, 0.1) is 11.7 Å². The molecule has 2 aromatic rings. The van der Waals surface area contributed by atoms with Crippen molar-refractivity contribution in [2.24, 2.45) is 11.7 Å². The highest BCUT2D eigenvalue weighted by Gasteiger charge is 2.39. The molecule has 0 spiro atoms. The number of amides is 1. The van der Waals surface area contributed by atoms with Crippen molar-refractivity contribution in [2.75, 3.05) is 19.8 Å². The minimum atomic E-state index is -0.619. The lowest BCUT2D eigenvalue weighted by Gasteiger charge is -2.41. The van der Waals surface area contributed by atoms with Gasteiger partial charge in [-0.1, -0.05) is 36.4 Å². The molecule has 5 nitrogen and oxygen atoms in total. The molecule has 0 bridgehead atoms. The number of aliphatic hydroxyl groups excluding tert-OH is 1. The van der Waals surface area contributed by atoms with Gasteiger partial charge in [0.2, 0.25) is 0 Å². The van der Waals surface area contributed by atoms with Crippen molar-refractivity contribution in [1.82, 2.24) is 4.90 Å². The molecule has 1 fully saturated rings. The number of ether oxygens (including phenoxy) is 1. The molecular weight excluding hydrogens is 359 g/mol. The summed E-state index contributed by atoms with van der Waals surface area (Å²) in [5.41, 5.74) is 9.26. The molecule has 28 heavy (non-hydrogen) atoms. The van der Waals surface area contributed by atoms with Gasteiger partial charge in [-0.2, -0.15) is 0 Å². The van der Waals surface area contributed by atoms with Gasteiger partial charge in [0.25, 0.3) is 5.91 Å². The Morgan fingerprint density at radius 3 is 2.68 bits per heavy atom. The van der Waals surface area contributed by atoms with Crippen LogP contribution in [0.15, 0.2) is 48.5 Å². The number of hydrogen-bond acceptors (Lipinski definition) is 4. The molecule has 2 aliphatic rings. The maximum absolute atomic E-state index is 13.5. The molecule has 0 saturated carbocycles. The topological polar surface area (TPSA) is 75.8 Å². The Morgan fingerprint density at radius 2 is 1.96 bits per heavy atom. The Hall–Kier alpha value is -2.28. The maximum Gasteiger partial charge on any atom is 0.252 e. The van der Waals surface area contributed by atoms with E-state index in [0.29, 0.717) is 13.0 Å². The molecule has 1 amide bonds. The molecule has 2 heterocycles. The Labute approximate surface area is 163 Å². The Balaban J connectivity index is 1.65. The lowest BCUT2D eigenvalue weighted by molar-refractivity contribution is -0.152. The van der Waals surface area contributed by atoms with Crippen LogP contribution in [0.2, 0.25) is 0 Å². The summed E-state index contributed by atoms with van der Waals surface area (Å²) in [5.74, 6) is -0.544. The molecule has 0 radical (unpaired) electrons. The Kier molecular flexibility index (Phi) is 5.44. The van der Waals surface area contributed by atoms with E-state index in [1.165, 1.54) is 17.7 Å². The SMILES string of the molecule is N[C@H]1C[C@H](C(=O)N2CCc3ccccc3[C@@H]2c2ccc(F)cc2)OC[C@@H]1CO. The Morgan fingerprint density at radius 1 is 1.21 bits per heavy atom. The van der Waals surface area contributed by atoms with Gasteiger partial charge in [0.05, 0.1) is 12.6 Å². The van der Waals surface area contributed by atoms with Crippen molar-refractivity contribution in [3.8, 4) is 0 Å². The number of fused-ring (bicyclic) bond motifs is 1. The number of halogens is 1. The summed E-state index contributed by atoms with van der Waals surface area (Å²) in [6, 6.07) is 13.8. The second-order valence-electron chi connectivity index (χ2n) is 7.60. The van der Waals surface area contributed by atoms with Crippen LogP contribution in [0.4, 0.5) is 4.39 Å². The summed E-state index contributed by atoms with van der Waals surface area (Å²) in [6.45, 7) is 0.799. The second-order valence-corrected chi connectivity index (χ2v) is 7.60. The normalized spacial score (nSPS) is 27.3. The summed E-state index contributed by atoms with van der Waals surface area (Å²) in [4.78, 5) is 15.2. The largest absolute Gasteiger partial charge is 0.396 e. The fraction of sp³-hybridized carbons (Fsp3) is 0.409. The number of benzene rings is 2. The monoisotopic (exact) mass is 384 g/mol. The number of aliphatic hydroxyl groups is 1. The molecular formula is C22H25FN2O3. The first kappa shape index (κ1) is 19.1. The number of carbonyl (C=O) groups excluding carboxylic acids is 1. The predicted molar refractivity (Wildman–Crippen MR) is 103 cm³/mol. The summed E-state index contributed by atoms with van der Waals surface area (Å²) in [5, 5.41) is 9.37. The van der Waals surface area contributed by atoms with E-state index in [4.69, 9.17) is 10.5 Å². The molecule has 4 atom stereocenters. The van der Waals surface area contributed by atoms with Gasteiger partial charge in [0.15, 0.2) is 0 Å². The van der Waals surface area contributed by atoms with Crippen LogP contribution in [0.1, 0.15) is 29.2 Å². The predicted octanol–water partition coefficient (Wildman–Crippen LogP) is 2.02. The number of hydrogen-bond donors (Lipinski definition) is 2. The van der Waals surface area contributed by atoms with Crippen LogP contribution >= 0.6 is 0 Å². The number of rotatable bonds is 3. The summed E-state index contributed by atoms with van der Waals surface area (Å²) < 4.78 is 19.2. The van der Waals surface area contributed by atoms with Gasteiger partial charge in [0.1, 0.15) is 11.9 Å². The second kappa shape index (κ2) is 7.99. The van der Waals surface area contributed by atoms with Crippen LogP contribution < -0.4 is 5.73 Å². The van der Waals surface area contributed by atoms with Gasteiger partial charge in [-0.25, -0.2) is 4.39 Å². The van der Waals surface area contributed by atoms with Gasteiger partial charge < -0.3 is 20.5 Å². The third kappa shape index (κ3) is 3.55. The van der Waals surface area contributed by atoms with Crippen molar-refractivity contribution in [3.05, 3.63) is 71.0 Å². The number of carbonyl (C=O) groups is 1. The first-order valence-electron chi connectivity index (χ1n) is 9.70. The highest BCUT2D eigenvalue weighted by Crippen LogP contribution is 2.36. The molecule has 0 unspecified atom stereocenters. The average molecular weight is 384 g/mol. The molecule has 4 rings (SSSR count). The van der Waals surface area contributed by atoms with E-state index >= 15 is 0 Å². The molecule has 0 aliphatic carbocycles. The summed E-state index contributed by atoms with van der Waals surface area (Å²) >= 11 is 0. The van der Waals surface area contributed by atoms with Gasteiger partial charge in [-0.05, 0) is 41.7 Å². The van der Waals surface area contributed by atoms with E-state index in [1.807, 2.05) is 23.1 Å². The number of nitrogens with zero attached hydrogens (tertiary/aromatic N) is 1.